The highest BCUT2D eigenvalue weighted by molar-refractivity contribution is 7.89. The molecule has 3 nitrogen and oxygen atoms in total. The molecule has 0 saturated carbocycles. The number of unbranched alkanes of at least 4 members (excludes halogenated alkanes) is 1. The van der Waals surface area contributed by atoms with Crippen LogP contribution in [0, 0.1) is 0 Å². The zero-order valence-electron chi connectivity index (χ0n) is 7.27. The lowest BCUT2D eigenvalue weighted by Crippen LogP contribution is -2.16. The van der Waals surface area contributed by atoms with Gasteiger partial charge in [-0.25, -0.2) is 13.6 Å². The molecule has 13 heavy (non-hydrogen) atoms. The number of primary sulfonamides is 1. The van der Waals surface area contributed by atoms with Gasteiger partial charge in [0.2, 0.25) is 10.0 Å². The third-order valence-corrected chi connectivity index (χ3v) is 3.48. The van der Waals surface area contributed by atoms with Gasteiger partial charge in [0.25, 0.3) is 0 Å². The van der Waals surface area contributed by atoms with Gasteiger partial charge in [0.15, 0.2) is 0 Å². The van der Waals surface area contributed by atoms with Gasteiger partial charge < -0.3 is 0 Å². The van der Waals surface area contributed by atoms with Crippen molar-refractivity contribution in [3.63, 3.8) is 0 Å². The van der Waals surface area contributed by atoms with Crippen molar-refractivity contribution in [2.24, 2.45) is 5.14 Å². The summed E-state index contributed by atoms with van der Waals surface area (Å²) >= 11 is 1.70. The van der Waals surface area contributed by atoms with Crippen LogP contribution in [-0.2, 0) is 16.4 Å². The van der Waals surface area contributed by atoms with Crippen molar-refractivity contribution in [2.75, 3.05) is 5.75 Å². The molecule has 0 atom stereocenters. The van der Waals surface area contributed by atoms with Crippen molar-refractivity contribution in [3.05, 3.63) is 22.4 Å². The fourth-order valence-electron chi connectivity index (χ4n) is 1.06. The molecule has 0 aromatic carbocycles. The lowest BCUT2D eigenvalue weighted by atomic mass is 10.2. The third-order valence-electron chi connectivity index (χ3n) is 1.68. The molecule has 0 fully saturated rings. The van der Waals surface area contributed by atoms with Crippen LogP contribution in [0.3, 0.4) is 0 Å². The second kappa shape index (κ2) is 4.74. The molecular formula is C8H13NO2S2. The summed E-state index contributed by atoms with van der Waals surface area (Å²) in [6.45, 7) is 0. The smallest absolute Gasteiger partial charge is 0.209 e. The van der Waals surface area contributed by atoms with E-state index in [1.54, 1.807) is 11.3 Å². The topological polar surface area (TPSA) is 60.2 Å². The Morgan fingerprint density at radius 2 is 2.15 bits per heavy atom. The number of sulfonamides is 1. The number of aryl methyl sites for hydroxylation is 1. The van der Waals surface area contributed by atoms with Crippen LogP contribution in [0.1, 0.15) is 17.7 Å². The SMILES string of the molecule is NS(=O)(=O)CCCCc1cccs1. The minimum Gasteiger partial charge on any atom is -0.229 e. The second-order valence-electron chi connectivity index (χ2n) is 2.90. The van der Waals surface area contributed by atoms with E-state index in [0.29, 0.717) is 6.42 Å². The van der Waals surface area contributed by atoms with Gasteiger partial charge in [-0.05, 0) is 30.7 Å². The summed E-state index contributed by atoms with van der Waals surface area (Å²) < 4.78 is 21.1. The number of nitrogens with two attached hydrogens (primary N) is 1. The Bertz CT molecular complexity index is 329. The van der Waals surface area contributed by atoms with Gasteiger partial charge in [-0.15, -0.1) is 11.3 Å². The summed E-state index contributed by atoms with van der Waals surface area (Å²) in [6.07, 6.45) is 2.49. The molecule has 1 heterocycles. The fourth-order valence-corrected chi connectivity index (χ4v) is 2.42. The molecule has 1 aromatic heterocycles. The Morgan fingerprint density at radius 1 is 1.38 bits per heavy atom. The van der Waals surface area contributed by atoms with Gasteiger partial charge in [-0.2, -0.15) is 0 Å². The molecule has 5 heteroatoms. The van der Waals surface area contributed by atoms with Gasteiger partial charge in [0.1, 0.15) is 0 Å². The maximum atomic E-state index is 10.6. The molecule has 0 spiro atoms. The van der Waals surface area contributed by atoms with Gasteiger partial charge in [0.05, 0.1) is 5.75 Å². The van der Waals surface area contributed by atoms with Crippen molar-refractivity contribution in [1.82, 2.24) is 0 Å². The molecular weight excluding hydrogens is 206 g/mol. The van der Waals surface area contributed by atoms with Crippen LogP contribution in [0.4, 0.5) is 0 Å². The Morgan fingerprint density at radius 3 is 2.69 bits per heavy atom. The standard InChI is InChI=1S/C8H13NO2S2/c9-13(10,11)7-2-1-4-8-5-3-6-12-8/h3,5-6H,1-2,4,7H2,(H2,9,10,11). The first-order valence-electron chi connectivity index (χ1n) is 4.11. The van der Waals surface area contributed by atoms with Crippen LogP contribution in [-0.4, -0.2) is 14.2 Å². The highest BCUT2D eigenvalue weighted by Gasteiger charge is 2.01. The van der Waals surface area contributed by atoms with Crippen LogP contribution >= 0.6 is 11.3 Å². The van der Waals surface area contributed by atoms with Gasteiger partial charge in [-0.3, -0.25) is 0 Å². The van der Waals surface area contributed by atoms with Crippen molar-refractivity contribution in [2.45, 2.75) is 19.3 Å². The van der Waals surface area contributed by atoms with Gasteiger partial charge in [-0.1, -0.05) is 6.07 Å². The molecule has 74 valence electrons. The summed E-state index contributed by atoms with van der Waals surface area (Å²) in [4.78, 5) is 1.30. The van der Waals surface area contributed by atoms with Crippen LogP contribution in [0.25, 0.3) is 0 Å². The zero-order valence-corrected chi connectivity index (χ0v) is 8.90. The van der Waals surface area contributed by atoms with Gasteiger partial charge in [0, 0.05) is 4.88 Å². The van der Waals surface area contributed by atoms with E-state index in [-0.39, 0.29) is 5.75 Å². The van der Waals surface area contributed by atoms with Gasteiger partial charge >= 0.3 is 0 Å². The van der Waals surface area contributed by atoms with E-state index in [1.165, 1.54) is 4.88 Å². The zero-order chi connectivity index (χ0) is 9.73. The summed E-state index contributed by atoms with van der Waals surface area (Å²) in [5.74, 6) is 0.0956. The largest absolute Gasteiger partial charge is 0.229 e. The number of thiophene rings is 1. The number of hydrogen-bond acceptors (Lipinski definition) is 3. The minimum atomic E-state index is -3.26. The van der Waals surface area contributed by atoms with E-state index in [2.05, 4.69) is 6.07 Å². The maximum absolute atomic E-state index is 10.6. The summed E-state index contributed by atoms with van der Waals surface area (Å²) in [7, 11) is -3.26. The molecule has 0 aliphatic rings. The summed E-state index contributed by atoms with van der Waals surface area (Å²) in [5, 5.41) is 6.89. The molecule has 0 unspecified atom stereocenters. The summed E-state index contributed by atoms with van der Waals surface area (Å²) in [5.41, 5.74) is 0. The lowest BCUT2D eigenvalue weighted by molar-refractivity contribution is 0.593. The molecule has 2 N–H and O–H groups in total. The predicted molar refractivity (Wildman–Crippen MR) is 55.2 cm³/mol. The number of rotatable bonds is 5. The van der Waals surface area contributed by atoms with Crippen LogP contribution in [0.2, 0.25) is 0 Å². The van der Waals surface area contributed by atoms with Crippen LogP contribution < -0.4 is 5.14 Å². The Balaban J connectivity index is 2.16. The first-order chi connectivity index (χ1) is 6.08. The highest BCUT2D eigenvalue weighted by Crippen LogP contribution is 2.11. The average Bonchev–Trinajstić information content (AvgIpc) is 2.48. The fraction of sp³-hybridized carbons (Fsp3) is 0.500. The van der Waals surface area contributed by atoms with E-state index in [0.717, 1.165) is 12.8 Å². The molecule has 1 rings (SSSR count). The Kier molecular flexibility index (Phi) is 3.90. The molecule has 0 aliphatic heterocycles. The quantitative estimate of drug-likeness (QED) is 0.760. The molecule has 1 aromatic rings. The second-order valence-corrected chi connectivity index (χ2v) is 5.67. The van der Waals surface area contributed by atoms with Crippen molar-refractivity contribution < 1.29 is 8.42 Å². The first-order valence-corrected chi connectivity index (χ1v) is 6.70. The van der Waals surface area contributed by atoms with Crippen molar-refractivity contribution in [3.8, 4) is 0 Å². The van der Waals surface area contributed by atoms with E-state index < -0.39 is 10.0 Å². The normalized spacial score (nSPS) is 11.8. The predicted octanol–water partition coefficient (Wildman–Crippen LogP) is 1.36. The lowest BCUT2D eigenvalue weighted by Gasteiger charge is -1.97. The Labute approximate surface area is 82.6 Å². The molecule has 0 radical (unpaired) electrons. The monoisotopic (exact) mass is 219 g/mol. The molecule has 0 saturated heterocycles. The summed E-state index contributed by atoms with van der Waals surface area (Å²) in [6, 6.07) is 4.06. The van der Waals surface area contributed by atoms with E-state index in [9.17, 15) is 8.42 Å². The molecule has 0 aliphatic carbocycles. The average molecular weight is 219 g/mol. The van der Waals surface area contributed by atoms with Crippen LogP contribution in [0.5, 0.6) is 0 Å². The van der Waals surface area contributed by atoms with Crippen molar-refractivity contribution in [1.29, 1.82) is 0 Å². The van der Waals surface area contributed by atoms with E-state index >= 15 is 0 Å². The Hall–Kier alpha value is -0.390. The molecule has 0 bridgehead atoms. The van der Waals surface area contributed by atoms with Crippen molar-refractivity contribution >= 4 is 21.4 Å². The highest BCUT2D eigenvalue weighted by atomic mass is 32.2. The van der Waals surface area contributed by atoms with E-state index in [1.807, 2.05) is 11.4 Å². The minimum absolute atomic E-state index is 0.0956. The first kappa shape index (κ1) is 10.7. The van der Waals surface area contributed by atoms with E-state index in [4.69, 9.17) is 5.14 Å². The number of hydrogen-bond donors (Lipinski definition) is 1. The van der Waals surface area contributed by atoms with Crippen LogP contribution in [0.15, 0.2) is 17.5 Å². The maximum Gasteiger partial charge on any atom is 0.209 e. The molecule has 0 amide bonds. The third kappa shape index (κ3) is 5.02.